The van der Waals surface area contributed by atoms with E-state index < -0.39 is 0 Å². The fraction of sp³-hybridized carbons (Fsp3) is 0.0741. The van der Waals surface area contributed by atoms with E-state index in [4.69, 9.17) is 9.26 Å². The predicted molar refractivity (Wildman–Crippen MR) is 127 cm³/mol. The van der Waals surface area contributed by atoms with Crippen LogP contribution in [0.2, 0.25) is 0 Å². The van der Waals surface area contributed by atoms with Gasteiger partial charge in [0.2, 0.25) is 0 Å². The summed E-state index contributed by atoms with van der Waals surface area (Å²) in [4.78, 5) is 19.6. The average Bonchev–Trinajstić information content (AvgIpc) is 3.38. The molecule has 5 rings (SSSR count). The SMILES string of the molecule is COc1ccc(-c2cc(C(=O)N(Cc3cccc4ccccc34)c3ccccn3)no2)cc1. The molecular formula is C27H21N3O3. The minimum Gasteiger partial charge on any atom is -0.497 e. The van der Waals surface area contributed by atoms with Gasteiger partial charge in [0.15, 0.2) is 11.5 Å². The second kappa shape index (κ2) is 8.96. The molecule has 162 valence electrons. The Morgan fingerprint density at radius 2 is 1.73 bits per heavy atom. The zero-order valence-corrected chi connectivity index (χ0v) is 18.0. The van der Waals surface area contributed by atoms with E-state index in [9.17, 15) is 4.79 Å². The molecule has 0 N–H and O–H groups in total. The van der Waals surface area contributed by atoms with Crippen molar-refractivity contribution in [2.24, 2.45) is 0 Å². The fourth-order valence-corrected chi connectivity index (χ4v) is 3.78. The van der Waals surface area contributed by atoms with Crippen LogP contribution in [0.15, 0.2) is 102 Å². The molecule has 0 atom stereocenters. The Morgan fingerprint density at radius 3 is 2.52 bits per heavy atom. The molecule has 0 fully saturated rings. The molecule has 0 saturated heterocycles. The largest absolute Gasteiger partial charge is 0.497 e. The minimum atomic E-state index is -0.287. The van der Waals surface area contributed by atoms with E-state index in [0.717, 1.165) is 27.6 Å². The third kappa shape index (κ3) is 4.19. The first kappa shape index (κ1) is 20.5. The Labute approximate surface area is 191 Å². The molecule has 1 amide bonds. The van der Waals surface area contributed by atoms with E-state index in [1.54, 1.807) is 24.3 Å². The Kier molecular flexibility index (Phi) is 5.55. The highest BCUT2D eigenvalue weighted by Crippen LogP contribution is 2.26. The Balaban J connectivity index is 1.49. The summed E-state index contributed by atoms with van der Waals surface area (Å²) in [6, 6.07) is 28.7. The van der Waals surface area contributed by atoms with Crippen LogP contribution >= 0.6 is 0 Å². The first-order valence-electron chi connectivity index (χ1n) is 10.5. The molecule has 0 aliphatic carbocycles. The fourth-order valence-electron chi connectivity index (χ4n) is 3.78. The number of pyridine rings is 1. The van der Waals surface area contributed by atoms with Gasteiger partial charge >= 0.3 is 0 Å². The standard InChI is InChI=1S/C27H21N3O3/c1-32-22-14-12-20(13-15-22)25-17-24(29-33-25)27(31)30(26-11-4-5-16-28-26)18-21-9-6-8-19-7-2-3-10-23(19)21/h2-17H,18H2,1H3. The summed E-state index contributed by atoms with van der Waals surface area (Å²) >= 11 is 0. The number of carbonyl (C=O) groups excluding carboxylic acids is 1. The van der Waals surface area contributed by atoms with Crippen molar-refractivity contribution in [3.8, 4) is 17.1 Å². The van der Waals surface area contributed by atoms with Gasteiger partial charge in [-0.3, -0.25) is 9.69 Å². The van der Waals surface area contributed by atoms with Crippen molar-refractivity contribution < 1.29 is 14.1 Å². The van der Waals surface area contributed by atoms with Crippen LogP contribution < -0.4 is 9.64 Å². The van der Waals surface area contributed by atoms with Gasteiger partial charge in [-0.1, -0.05) is 53.7 Å². The average molecular weight is 435 g/mol. The third-order valence-electron chi connectivity index (χ3n) is 5.48. The van der Waals surface area contributed by atoms with Gasteiger partial charge in [-0.05, 0) is 52.7 Å². The van der Waals surface area contributed by atoms with E-state index in [-0.39, 0.29) is 11.6 Å². The van der Waals surface area contributed by atoms with Crippen LogP contribution in [0.1, 0.15) is 16.1 Å². The van der Waals surface area contributed by atoms with Crippen molar-refractivity contribution >= 4 is 22.5 Å². The van der Waals surface area contributed by atoms with E-state index in [2.05, 4.69) is 28.3 Å². The minimum absolute atomic E-state index is 0.215. The molecule has 0 spiro atoms. The summed E-state index contributed by atoms with van der Waals surface area (Å²) in [5.41, 5.74) is 2.04. The molecule has 0 aliphatic heterocycles. The molecule has 0 unspecified atom stereocenters. The van der Waals surface area contributed by atoms with Gasteiger partial charge in [0.05, 0.1) is 13.7 Å². The first-order valence-corrected chi connectivity index (χ1v) is 10.5. The third-order valence-corrected chi connectivity index (χ3v) is 5.48. The van der Waals surface area contributed by atoms with Crippen molar-refractivity contribution in [3.63, 3.8) is 0 Å². The number of nitrogens with zero attached hydrogens (tertiary/aromatic N) is 3. The maximum absolute atomic E-state index is 13.6. The summed E-state index contributed by atoms with van der Waals surface area (Å²) in [6.45, 7) is 0.349. The molecule has 6 nitrogen and oxygen atoms in total. The topological polar surface area (TPSA) is 68.5 Å². The normalized spacial score (nSPS) is 10.8. The lowest BCUT2D eigenvalue weighted by molar-refractivity contribution is 0.0975. The maximum atomic E-state index is 13.6. The highest BCUT2D eigenvalue weighted by Gasteiger charge is 2.24. The highest BCUT2D eigenvalue weighted by atomic mass is 16.5. The number of ether oxygens (including phenoxy) is 1. The Bertz CT molecular complexity index is 1390. The zero-order valence-electron chi connectivity index (χ0n) is 18.0. The summed E-state index contributed by atoms with van der Waals surface area (Å²) in [6.07, 6.45) is 1.67. The quantitative estimate of drug-likeness (QED) is 0.340. The predicted octanol–water partition coefficient (Wildman–Crippen LogP) is 5.75. The van der Waals surface area contributed by atoms with Crippen molar-refractivity contribution in [1.29, 1.82) is 0 Å². The smallest absolute Gasteiger partial charge is 0.281 e. The van der Waals surface area contributed by atoms with E-state index in [1.165, 1.54) is 0 Å². The number of benzene rings is 3. The number of hydrogen-bond donors (Lipinski definition) is 0. The van der Waals surface area contributed by atoms with Crippen LogP contribution in [0.3, 0.4) is 0 Å². The molecular weight excluding hydrogens is 414 g/mol. The first-order chi connectivity index (χ1) is 16.2. The van der Waals surface area contributed by atoms with E-state index in [1.807, 2.05) is 66.7 Å². The van der Waals surface area contributed by atoms with E-state index in [0.29, 0.717) is 18.1 Å². The Morgan fingerprint density at radius 1 is 0.939 bits per heavy atom. The van der Waals surface area contributed by atoms with Crippen molar-refractivity contribution in [1.82, 2.24) is 10.1 Å². The van der Waals surface area contributed by atoms with Gasteiger partial charge in [0, 0.05) is 17.8 Å². The van der Waals surface area contributed by atoms with Crippen molar-refractivity contribution in [3.05, 3.63) is 108 Å². The lowest BCUT2D eigenvalue weighted by Gasteiger charge is -2.21. The molecule has 2 aromatic heterocycles. The molecule has 0 saturated carbocycles. The number of aromatic nitrogens is 2. The second-order valence-electron chi connectivity index (χ2n) is 7.52. The number of hydrogen-bond acceptors (Lipinski definition) is 5. The van der Waals surface area contributed by atoms with Gasteiger partial charge in [-0.2, -0.15) is 0 Å². The van der Waals surface area contributed by atoms with Crippen LogP contribution in [-0.4, -0.2) is 23.2 Å². The van der Waals surface area contributed by atoms with Gasteiger partial charge in [0.1, 0.15) is 11.6 Å². The van der Waals surface area contributed by atoms with Gasteiger partial charge in [0.25, 0.3) is 5.91 Å². The number of rotatable bonds is 6. The van der Waals surface area contributed by atoms with Crippen molar-refractivity contribution in [2.45, 2.75) is 6.54 Å². The summed E-state index contributed by atoms with van der Waals surface area (Å²) in [7, 11) is 1.61. The summed E-state index contributed by atoms with van der Waals surface area (Å²) < 4.78 is 10.7. The molecule has 0 radical (unpaired) electrons. The summed E-state index contributed by atoms with van der Waals surface area (Å²) in [5.74, 6) is 1.51. The number of methoxy groups -OCH3 is 1. The zero-order chi connectivity index (χ0) is 22.6. The van der Waals surface area contributed by atoms with Crippen molar-refractivity contribution in [2.75, 3.05) is 12.0 Å². The second-order valence-corrected chi connectivity index (χ2v) is 7.52. The van der Waals surface area contributed by atoms with Gasteiger partial charge in [-0.15, -0.1) is 0 Å². The molecule has 2 heterocycles. The molecule has 33 heavy (non-hydrogen) atoms. The highest BCUT2D eigenvalue weighted by molar-refractivity contribution is 6.05. The lowest BCUT2D eigenvalue weighted by atomic mass is 10.0. The van der Waals surface area contributed by atoms with Gasteiger partial charge in [-0.25, -0.2) is 4.98 Å². The Hall–Kier alpha value is -4.45. The van der Waals surface area contributed by atoms with Crippen LogP contribution in [-0.2, 0) is 6.54 Å². The molecule has 5 aromatic rings. The van der Waals surface area contributed by atoms with Crippen LogP contribution in [0.25, 0.3) is 22.1 Å². The maximum Gasteiger partial charge on any atom is 0.281 e. The van der Waals surface area contributed by atoms with Gasteiger partial charge < -0.3 is 9.26 Å². The molecule has 0 bridgehead atoms. The summed E-state index contributed by atoms with van der Waals surface area (Å²) in [5, 5.41) is 6.27. The van der Waals surface area contributed by atoms with Crippen LogP contribution in [0.5, 0.6) is 5.75 Å². The monoisotopic (exact) mass is 435 g/mol. The van der Waals surface area contributed by atoms with E-state index >= 15 is 0 Å². The molecule has 3 aromatic carbocycles. The number of carbonyl (C=O) groups is 1. The molecule has 6 heteroatoms. The number of fused-ring (bicyclic) bond motifs is 1. The lowest BCUT2D eigenvalue weighted by Crippen LogP contribution is -2.31. The van der Waals surface area contributed by atoms with Crippen LogP contribution in [0, 0.1) is 0 Å². The number of amides is 1. The van der Waals surface area contributed by atoms with Crippen LogP contribution in [0.4, 0.5) is 5.82 Å². The molecule has 0 aliphatic rings. The number of anilines is 1.